The maximum absolute atomic E-state index is 13.2. The van der Waals surface area contributed by atoms with Crippen LogP contribution in [0.4, 0.5) is 0 Å². The van der Waals surface area contributed by atoms with Crippen LogP contribution in [0.3, 0.4) is 0 Å². The topological polar surface area (TPSA) is 111 Å². The molecule has 10 heteroatoms. The zero-order valence-electron chi connectivity index (χ0n) is 22.2. The van der Waals surface area contributed by atoms with Gasteiger partial charge in [0.25, 0.3) is 0 Å². The van der Waals surface area contributed by atoms with Gasteiger partial charge in [-0.15, -0.1) is 0 Å². The van der Waals surface area contributed by atoms with E-state index in [4.69, 9.17) is 13.9 Å². The highest BCUT2D eigenvalue weighted by Gasteiger charge is 2.55. The first-order chi connectivity index (χ1) is 16.3. The van der Waals surface area contributed by atoms with Crippen molar-refractivity contribution in [3.63, 3.8) is 0 Å². The monoisotopic (exact) mass is 499 g/mol. The summed E-state index contributed by atoms with van der Waals surface area (Å²) >= 11 is 0. The first kappa shape index (κ1) is 26.9. The van der Waals surface area contributed by atoms with Gasteiger partial charge in [-0.2, -0.15) is 4.98 Å². The number of benzene rings is 1. The van der Waals surface area contributed by atoms with Crippen LogP contribution in [0.15, 0.2) is 40.4 Å². The summed E-state index contributed by atoms with van der Waals surface area (Å²) in [5, 5.41) is 3.97. The zero-order chi connectivity index (χ0) is 26.2. The van der Waals surface area contributed by atoms with Crippen LogP contribution in [0.2, 0.25) is 18.1 Å². The Morgan fingerprint density at radius 3 is 2.40 bits per heavy atom. The second kappa shape index (κ2) is 9.77. The molecule has 3 rings (SSSR count). The minimum atomic E-state index is -2.25. The van der Waals surface area contributed by atoms with Gasteiger partial charge in [0, 0.05) is 23.1 Å². The molecule has 0 radical (unpaired) electrons. The Labute approximate surface area is 208 Å². The third-order valence-corrected chi connectivity index (χ3v) is 11.9. The molecule has 4 atom stereocenters. The van der Waals surface area contributed by atoms with Gasteiger partial charge in [-0.25, -0.2) is 4.79 Å². The van der Waals surface area contributed by atoms with E-state index in [1.54, 1.807) is 12.3 Å². The average molecular weight is 500 g/mol. The summed E-state index contributed by atoms with van der Waals surface area (Å²) in [6.07, 6.45) is 0.770. The normalized spacial score (nSPS) is 24.8. The Bertz CT molecular complexity index is 1160. The summed E-state index contributed by atoms with van der Waals surface area (Å²) in [6.45, 7) is 18.5. The minimum absolute atomic E-state index is 0.0560. The average Bonchev–Trinajstić information content (AvgIpc) is 3.02. The summed E-state index contributed by atoms with van der Waals surface area (Å²) in [4.78, 5) is 20.4. The van der Waals surface area contributed by atoms with Crippen LogP contribution in [0, 0.1) is 19.8 Å². The SMILES string of the molecule is CC[C@@]1(N=[N+]=[N-])O[C@@H](n2ccc(Oc3c(C)cccc3C)nc2=O)C(O[Si](C)(C)C(C)(C)C)[C@H]1C. The van der Waals surface area contributed by atoms with Gasteiger partial charge in [-0.05, 0) is 55.1 Å². The van der Waals surface area contributed by atoms with Crippen molar-refractivity contribution in [3.8, 4) is 11.6 Å². The van der Waals surface area contributed by atoms with E-state index >= 15 is 0 Å². The van der Waals surface area contributed by atoms with Crippen LogP contribution in [-0.4, -0.2) is 29.7 Å². The molecule has 1 aliphatic rings. The molecule has 35 heavy (non-hydrogen) atoms. The highest BCUT2D eigenvalue weighted by molar-refractivity contribution is 6.74. The zero-order valence-corrected chi connectivity index (χ0v) is 23.2. The first-order valence-corrected chi connectivity index (χ1v) is 14.9. The predicted octanol–water partition coefficient (Wildman–Crippen LogP) is 6.62. The Kier molecular flexibility index (Phi) is 7.52. The molecule has 2 aromatic rings. The second-order valence-electron chi connectivity index (χ2n) is 10.8. The number of hydrogen-bond donors (Lipinski definition) is 0. The molecule has 1 aromatic heterocycles. The Hall–Kier alpha value is -2.65. The molecule has 2 heterocycles. The predicted molar refractivity (Wildman–Crippen MR) is 138 cm³/mol. The fourth-order valence-electron chi connectivity index (χ4n) is 4.16. The van der Waals surface area contributed by atoms with E-state index in [1.807, 2.05) is 45.9 Å². The van der Waals surface area contributed by atoms with E-state index in [0.717, 1.165) is 11.1 Å². The molecule has 0 aliphatic carbocycles. The molecule has 1 aliphatic heterocycles. The van der Waals surface area contributed by atoms with Gasteiger partial charge < -0.3 is 13.9 Å². The molecule has 1 fully saturated rings. The van der Waals surface area contributed by atoms with Gasteiger partial charge in [0.1, 0.15) is 5.75 Å². The standard InChI is InChI=1S/C25H37N5O4Si/c1-10-25(28-29-26)18(4)21(34-35(8,9)24(5,6)7)22(33-25)30-15-14-19(27-23(30)31)32-20-16(2)12-11-13-17(20)3/h11-15,18,21-22H,10H2,1-9H3/t18-,21?,22-,25-/m1/s1. The molecule has 1 aromatic carbocycles. The van der Waals surface area contributed by atoms with Crippen LogP contribution < -0.4 is 10.4 Å². The molecular formula is C25H37N5O4Si. The van der Waals surface area contributed by atoms with Crippen LogP contribution in [0.1, 0.15) is 58.4 Å². The molecule has 1 unspecified atom stereocenters. The van der Waals surface area contributed by atoms with E-state index in [0.29, 0.717) is 12.2 Å². The van der Waals surface area contributed by atoms with Crippen LogP contribution in [0.25, 0.3) is 10.4 Å². The third-order valence-electron chi connectivity index (χ3n) is 7.46. The van der Waals surface area contributed by atoms with Crippen molar-refractivity contribution in [2.75, 3.05) is 0 Å². The van der Waals surface area contributed by atoms with E-state index in [1.165, 1.54) is 4.57 Å². The van der Waals surface area contributed by atoms with E-state index in [2.05, 4.69) is 48.9 Å². The lowest BCUT2D eigenvalue weighted by atomic mass is 9.93. The fourth-order valence-corrected chi connectivity index (χ4v) is 5.51. The summed E-state index contributed by atoms with van der Waals surface area (Å²) in [7, 11) is -2.25. The van der Waals surface area contributed by atoms with Crippen LogP contribution in [0.5, 0.6) is 11.6 Å². The molecule has 9 nitrogen and oxygen atoms in total. The highest BCUT2D eigenvalue weighted by Crippen LogP contribution is 2.49. The lowest BCUT2D eigenvalue weighted by Gasteiger charge is -2.40. The molecule has 0 bridgehead atoms. The summed E-state index contributed by atoms with van der Waals surface area (Å²) in [6, 6.07) is 7.48. The lowest BCUT2D eigenvalue weighted by Crippen LogP contribution is -2.48. The van der Waals surface area contributed by atoms with Crippen molar-refractivity contribution in [1.29, 1.82) is 0 Å². The molecular weight excluding hydrogens is 462 g/mol. The van der Waals surface area contributed by atoms with Gasteiger partial charge in [0.15, 0.2) is 20.3 Å². The largest absolute Gasteiger partial charge is 0.438 e. The maximum Gasteiger partial charge on any atom is 0.353 e. The molecule has 1 saturated heterocycles. The number of azide groups is 1. The number of nitrogens with zero attached hydrogens (tertiary/aromatic N) is 5. The van der Waals surface area contributed by atoms with Gasteiger partial charge in [0.2, 0.25) is 5.88 Å². The Balaban J connectivity index is 2.02. The van der Waals surface area contributed by atoms with Crippen LogP contribution in [-0.2, 0) is 9.16 Å². The van der Waals surface area contributed by atoms with Crippen molar-refractivity contribution in [2.45, 2.75) is 91.1 Å². The van der Waals surface area contributed by atoms with Crippen molar-refractivity contribution in [2.24, 2.45) is 11.0 Å². The molecule has 0 spiro atoms. The lowest BCUT2D eigenvalue weighted by molar-refractivity contribution is -0.0917. The third kappa shape index (κ3) is 5.16. The maximum atomic E-state index is 13.2. The van der Waals surface area contributed by atoms with Crippen molar-refractivity contribution < 1.29 is 13.9 Å². The van der Waals surface area contributed by atoms with Gasteiger partial charge in [-0.3, -0.25) is 4.57 Å². The molecule has 0 saturated carbocycles. The van der Waals surface area contributed by atoms with E-state index in [9.17, 15) is 10.3 Å². The first-order valence-electron chi connectivity index (χ1n) is 12.0. The minimum Gasteiger partial charge on any atom is -0.438 e. The Morgan fingerprint density at radius 1 is 1.26 bits per heavy atom. The van der Waals surface area contributed by atoms with E-state index in [-0.39, 0.29) is 16.8 Å². The van der Waals surface area contributed by atoms with E-state index < -0.39 is 32.1 Å². The molecule has 0 amide bonds. The number of aromatic nitrogens is 2. The fraction of sp³-hybridized carbons (Fsp3) is 0.600. The summed E-state index contributed by atoms with van der Waals surface area (Å²) in [5.41, 5.74) is 9.52. The number of hydrogen-bond acceptors (Lipinski definition) is 6. The Morgan fingerprint density at radius 2 is 1.89 bits per heavy atom. The number of aryl methyl sites for hydroxylation is 2. The van der Waals surface area contributed by atoms with Gasteiger partial charge in [-0.1, -0.05) is 57.9 Å². The summed E-state index contributed by atoms with van der Waals surface area (Å²) in [5.74, 6) is 0.601. The highest BCUT2D eigenvalue weighted by atomic mass is 28.4. The van der Waals surface area contributed by atoms with Crippen molar-refractivity contribution in [3.05, 3.63) is 62.5 Å². The number of ether oxygens (including phenoxy) is 2. The molecule has 0 N–H and O–H groups in total. The quantitative estimate of drug-likeness (QED) is 0.184. The van der Waals surface area contributed by atoms with Gasteiger partial charge in [0.05, 0.1) is 6.10 Å². The second-order valence-corrected chi connectivity index (χ2v) is 15.6. The van der Waals surface area contributed by atoms with Crippen molar-refractivity contribution in [1.82, 2.24) is 9.55 Å². The smallest absolute Gasteiger partial charge is 0.353 e. The summed E-state index contributed by atoms with van der Waals surface area (Å²) < 4.78 is 20.5. The number of rotatable bonds is 7. The number of para-hydroxylation sites is 1. The van der Waals surface area contributed by atoms with Gasteiger partial charge >= 0.3 is 5.69 Å². The molecule has 190 valence electrons. The van der Waals surface area contributed by atoms with Crippen LogP contribution >= 0.6 is 0 Å². The van der Waals surface area contributed by atoms with Crippen molar-refractivity contribution >= 4 is 8.32 Å².